The molecule has 3 N–H and O–H groups in total. The van der Waals surface area contributed by atoms with Gasteiger partial charge in [0.1, 0.15) is 5.65 Å². The molecule has 7 heteroatoms. The molecular formula is C16H24Cl2N4O. The van der Waals surface area contributed by atoms with Crippen LogP contribution in [0.25, 0.3) is 5.65 Å². The molecule has 0 saturated heterocycles. The summed E-state index contributed by atoms with van der Waals surface area (Å²) in [5, 5.41) is 2.96. The van der Waals surface area contributed by atoms with Crippen LogP contribution in [0.2, 0.25) is 0 Å². The third kappa shape index (κ3) is 4.59. The maximum Gasteiger partial charge on any atom is 0.220 e. The Morgan fingerprint density at radius 2 is 2.22 bits per heavy atom. The zero-order valence-electron chi connectivity index (χ0n) is 13.2. The molecule has 1 aliphatic rings. The van der Waals surface area contributed by atoms with Gasteiger partial charge in [0, 0.05) is 24.9 Å². The largest absolute Gasteiger partial charge is 0.350 e. The van der Waals surface area contributed by atoms with Crippen molar-refractivity contribution in [3.63, 3.8) is 0 Å². The number of halogens is 2. The molecule has 0 spiro atoms. The van der Waals surface area contributed by atoms with Gasteiger partial charge in [-0.05, 0) is 37.3 Å². The molecule has 0 unspecified atom stereocenters. The smallest absolute Gasteiger partial charge is 0.220 e. The van der Waals surface area contributed by atoms with Gasteiger partial charge in [0.2, 0.25) is 5.91 Å². The van der Waals surface area contributed by atoms with Gasteiger partial charge in [-0.3, -0.25) is 4.79 Å². The second-order valence-electron chi connectivity index (χ2n) is 5.99. The number of nitrogens with one attached hydrogen (secondary N) is 1. The van der Waals surface area contributed by atoms with Crippen LogP contribution < -0.4 is 11.1 Å². The summed E-state index contributed by atoms with van der Waals surface area (Å²) in [7, 11) is 0. The summed E-state index contributed by atoms with van der Waals surface area (Å²) < 4.78 is 1.99. The van der Waals surface area contributed by atoms with Crippen LogP contribution in [0.5, 0.6) is 0 Å². The summed E-state index contributed by atoms with van der Waals surface area (Å²) >= 11 is 0. The lowest BCUT2D eigenvalue weighted by molar-refractivity contribution is -0.122. The zero-order valence-corrected chi connectivity index (χ0v) is 14.8. The van der Waals surface area contributed by atoms with Crippen molar-refractivity contribution in [2.75, 3.05) is 0 Å². The number of hydrogen-bond acceptors (Lipinski definition) is 3. The highest BCUT2D eigenvalue weighted by Gasteiger charge is 2.25. The Kier molecular flexibility index (Phi) is 7.32. The topological polar surface area (TPSA) is 72.4 Å². The molecular weight excluding hydrogens is 335 g/mol. The quantitative estimate of drug-likeness (QED) is 0.882. The normalized spacial score (nSPS) is 19.9. The standard InChI is InChI=1S/C16H22N4O.2ClH/c1-11-4-3-7-20-10-13(19-16(11)20)9-18-15(21)8-12-5-2-6-14(12)17;;/h3-4,7,10,12,14H,2,5-6,8-9,17H2,1H3,(H,18,21);2*1H/t12-,14+;;/m0../s1. The van der Waals surface area contributed by atoms with Gasteiger partial charge in [0.15, 0.2) is 0 Å². The van der Waals surface area contributed by atoms with Crippen molar-refractivity contribution in [3.8, 4) is 0 Å². The number of rotatable bonds is 4. The first-order valence-corrected chi connectivity index (χ1v) is 7.59. The number of nitrogens with zero attached hydrogens (tertiary/aromatic N) is 2. The van der Waals surface area contributed by atoms with E-state index in [1.807, 2.05) is 35.9 Å². The average molecular weight is 359 g/mol. The second kappa shape index (κ2) is 8.52. The van der Waals surface area contributed by atoms with Crippen molar-refractivity contribution in [2.45, 2.75) is 45.2 Å². The van der Waals surface area contributed by atoms with Crippen molar-refractivity contribution in [3.05, 3.63) is 35.8 Å². The number of carbonyl (C=O) groups is 1. The number of nitrogens with two attached hydrogens (primary N) is 1. The van der Waals surface area contributed by atoms with Crippen molar-refractivity contribution in [1.29, 1.82) is 0 Å². The van der Waals surface area contributed by atoms with Crippen LogP contribution in [-0.4, -0.2) is 21.3 Å². The van der Waals surface area contributed by atoms with Crippen molar-refractivity contribution in [2.24, 2.45) is 11.7 Å². The SMILES string of the molecule is Cc1cccn2cc(CNC(=O)C[C@@H]3CCC[C@H]3N)nc12.Cl.Cl. The van der Waals surface area contributed by atoms with E-state index in [1.165, 1.54) is 0 Å². The highest BCUT2D eigenvalue weighted by Crippen LogP contribution is 2.26. The van der Waals surface area contributed by atoms with Gasteiger partial charge in [0.25, 0.3) is 0 Å². The number of hydrogen-bond donors (Lipinski definition) is 2. The lowest BCUT2D eigenvalue weighted by Crippen LogP contribution is -2.31. The third-order valence-electron chi connectivity index (χ3n) is 4.36. The predicted molar refractivity (Wildman–Crippen MR) is 96.2 cm³/mol. The van der Waals surface area contributed by atoms with E-state index < -0.39 is 0 Å². The van der Waals surface area contributed by atoms with Crippen LogP contribution >= 0.6 is 24.8 Å². The molecule has 23 heavy (non-hydrogen) atoms. The van der Waals surface area contributed by atoms with Crippen molar-refractivity contribution >= 4 is 36.4 Å². The first-order chi connectivity index (χ1) is 10.1. The van der Waals surface area contributed by atoms with Gasteiger partial charge < -0.3 is 15.5 Å². The summed E-state index contributed by atoms with van der Waals surface area (Å²) in [5.74, 6) is 0.416. The van der Waals surface area contributed by atoms with Gasteiger partial charge in [-0.15, -0.1) is 24.8 Å². The van der Waals surface area contributed by atoms with Crippen LogP contribution in [0.15, 0.2) is 24.5 Å². The Hall–Kier alpha value is -1.30. The van der Waals surface area contributed by atoms with E-state index in [1.54, 1.807) is 0 Å². The number of amides is 1. The molecule has 2 aromatic rings. The van der Waals surface area contributed by atoms with E-state index in [2.05, 4.69) is 10.3 Å². The van der Waals surface area contributed by atoms with Gasteiger partial charge >= 0.3 is 0 Å². The van der Waals surface area contributed by atoms with Gasteiger partial charge in [-0.2, -0.15) is 0 Å². The second-order valence-corrected chi connectivity index (χ2v) is 5.99. The van der Waals surface area contributed by atoms with Gasteiger partial charge in [-0.1, -0.05) is 12.5 Å². The van der Waals surface area contributed by atoms with Crippen LogP contribution in [0, 0.1) is 12.8 Å². The fraction of sp³-hybridized carbons (Fsp3) is 0.500. The Balaban J connectivity index is 0.00000132. The van der Waals surface area contributed by atoms with Crippen LogP contribution in [0.1, 0.15) is 36.9 Å². The lowest BCUT2D eigenvalue weighted by atomic mass is 10.00. The molecule has 0 bridgehead atoms. The molecule has 2 heterocycles. The Morgan fingerprint density at radius 3 is 2.87 bits per heavy atom. The molecule has 2 atom stereocenters. The summed E-state index contributed by atoms with van der Waals surface area (Å²) in [4.78, 5) is 16.6. The number of aromatic nitrogens is 2. The van der Waals surface area contributed by atoms with Crippen LogP contribution in [0.3, 0.4) is 0 Å². The molecule has 2 aromatic heterocycles. The summed E-state index contributed by atoms with van der Waals surface area (Å²) in [6, 6.07) is 4.22. The highest BCUT2D eigenvalue weighted by molar-refractivity contribution is 5.85. The summed E-state index contributed by atoms with van der Waals surface area (Å²) in [6.07, 6.45) is 7.73. The molecule has 1 amide bonds. The minimum absolute atomic E-state index is 0. The molecule has 0 aliphatic heterocycles. The maximum atomic E-state index is 12.0. The first-order valence-electron chi connectivity index (χ1n) is 7.59. The van der Waals surface area contributed by atoms with Gasteiger partial charge in [-0.25, -0.2) is 4.98 Å². The van der Waals surface area contributed by atoms with Crippen molar-refractivity contribution in [1.82, 2.24) is 14.7 Å². The number of fused-ring (bicyclic) bond motifs is 1. The summed E-state index contributed by atoms with van der Waals surface area (Å²) in [6.45, 7) is 2.51. The Morgan fingerprint density at radius 1 is 1.43 bits per heavy atom. The van der Waals surface area contributed by atoms with E-state index in [0.29, 0.717) is 18.9 Å². The predicted octanol–water partition coefficient (Wildman–Crippen LogP) is 2.62. The Bertz CT molecular complexity index is 659. The average Bonchev–Trinajstić information content (AvgIpc) is 3.04. The minimum Gasteiger partial charge on any atom is -0.350 e. The Labute approximate surface area is 148 Å². The molecule has 128 valence electrons. The van der Waals surface area contributed by atoms with E-state index >= 15 is 0 Å². The molecule has 1 fully saturated rings. The zero-order chi connectivity index (χ0) is 14.8. The molecule has 3 rings (SSSR count). The van der Waals surface area contributed by atoms with E-state index in [9.17, 15) is 4.79 Å². The first kappa shape index (κ1) is 19.7. The van der Waals surface area contributed by atoms with E-state index in [4.69, 9.17) is 5.73 Å². The summed E-state index contributed by atoms with van der Waals surface area (Å²) in [5.41, 5.74) is 8.96. The monoisotopic (exact) mass is 358 g/mol. The maximum absolute atomic E-state index is 12.0. The molecule has 1 aliphatic carbocycles. The molecule has 0 radical (unpaired) electrons. The minimum atomic E-state index is 0. The third-order valence-corrected chi connectivity index (χ3v) is 4.36. The van der Waals surface area contributed by atoms with Crippen LogP contribution in [0.4, 0.5) is 0 Å². The lowest BCUT2D eigenvalue weighted by Gasteiger charge is -2.14. The number of imidazole rings is 1. The van der Waals surface area contributed by atoms with Crippen LogP contribution in [-0.2, 0) is 11.3 Å². The fourth-order valence-electron chi connectivity index (χ4n) is 3.11. The van der Waals surface area contributed by atoms with Crippen molar-refractivity contribution < 1.29 is 4.79 Å². The fourth-order valence-corrected chi connectivity index (χ4v) is 3.11. The van der Waals surface area contributed by atoms with Gasteiger partial charge in [0.05, 0.1) is 12.2 Å². The number of aryl methyl sites for hydroxylation is 1. The molecule has 1 saturated carbocycles. The number of carbonyl (C=O) groups excluding carboxylic acids is 1. The van der Waals surface area contributed by atoms with E-state index in [-0.39, 0.29) is 36.8 Å². The highest BCUT2D eigenvalue weighted by atomic mass is 35.5. The molecule has 5 nitrogen and oxygen atoms in total. The molecule has 0 aromatic carbocycles. The van der Waals surface area contributed by atoms with E-state index in [0.717, 1.165) is 36.2 Å². The number of pyridine rings is 1.